The van der Waals surface area contributed by atoms with Gasteiger partial charge in [-0.1, -0.05) is 34.1 Å². The van der Waals surface area contributed by atoms with Crippen molar-refractivity contribution in [2.24, 2.45) is 0 Å². The van der Waals surface area contributed by atoms with Crippen LogP contribution in [-0.4, -0.2) is 7.05 Å². The van der Waals surface area contributed by atoms with Gasteiger partial charge in [0.25, 0.3) is 0 Å². The molecule has 0 amide bonds. The predicted octanol–water partition coefficient (Wildman–Crippen LogP) is 3.97. The molecule has 0 saturated carbocycles. The zero-order valence-electron chi connectivity index (χ0n) is 9.50. The Morgan fingerprint density at radius 1 is 1.12 bits per heavy atom. The third-order valence-corrected chi connectivity index (χ3v) is 3.06. The Morgan fingerprint density at radius 2 is 1.88 bits per heavy atom. The molecule has 0 unspecified atom stereocenters. The molecule has 0 aliphatic rings. The number of hydrogen-bond donors (Lipinski definition) is 1. The van der Waals surface area contributed by atoms with E-state index in [1.165, 1.54) is 6.07 Å². The molecule has 2 rings (SSSR count). The minimum absolute atomic E-state index is 0.168. The van der Waals surface area contributed by atoms with E-state index in [1.807, 2.05) is 37.4 Å². The lowest BCUT2D eigenvalue weighted by Gasteiger charge is -2.07. The average Bonchev–Trinajstić information content (AvgIpc) is 2.32. The van der Waals surface area contributed by atoms with Gasteiger partial charge in [0.15, 0.2) is 0 Å². The molecule has 17 heavy (non-hydrogen) atoms. The Hall–Kier alpha value is -1.19. The van der Waals surface area contributed by atoms with Crippen LogP contribution in [0.15, 0.2) is 46.9 Å². The molecule has 0 saturated heterocycles. The van der Waals surface area contributed by atoms with Gasteiger partial charge in [0.1, 0.15) is 5.82 Å². The van der Waals surface area contributed by atoms with Crippen LogP contribution < -0.4 is 5.32 Å². The second-order valence-electron chi connectivity index (χ2n) is 3.85. The topological polar surface area (TPSA) is 12.0 Å². The first-order valence-electron chi connectivity index (χ1n) is 5.39. The highest BCUT2D eigenvalue weighted by Gasteiger charge is 2.04. The summed E-state index contributed by atoms with van der Waals surface area (Å²) >= 11 is 3.44. The van der Waals surface area contributed by atoms with E-state index < -0.39 is 0 Å². The van der Waals surface area contributed by atoms with Crippen molar-refractivity contribution in [3.8, 4) is 11.1 Å². The molecule has 0 aliphatic carbocycles. The summed E-state index contributed by atoms with van der Waals surface area (Å²) in [6.07, 6.45) is 0. The SMILES string of the molecule is CNCc1cc(-c2cccc(Br)c2)ccc1F. The highest BCUT2D eigenvalue weighted by molar-refractivity contribution is 9.10. The fourth-order valence-electron chi connectivity index (χ4n) is 1.75. The van der Waals surface area contributed by atoms with Gasteiger partial charge in [0.2, 0.25) is 0 Å². The Kier molecular flexibility index (Phi) is 3.92. The van der Waals surface area contributed by atoms with Gasteiger partial charge < -0.3 is 5.32 Å². The number of nitrogens with one attached hydrogen (secondary N) is 1. The lowest BCUT2D eigenvalue weighted by molar-refractivity contribution is 0.601. The highest BCUT2D eigenvalue weighted by atomic mass is 79.9. The average molecular weight is 294 g/mol. The van der Waals surface area contributed by atoms with E-state index in [1.54, 1.807) is 6.07 Å². The molecule has 0 spiro atoms. The molecule has 0 atom stereocenters. The molecule has 3 heteroatoms. The summed E-state index contributed by atoms with van der Waals surface area (Å²) in [5, 5.41) is 2.97. The molecule has 0 aromatic heterocycles. The zero-order chi connectivity index (χ0) is 12.3. The van der Waals surface area contributed by atoms with Gasteiger partial charge in [0.05, 0.1) is 0 Å². The van der Waals surface area contributed by atoms with Crippen molar-refractivity contribution in [1.29, 1.82) is 0 Å². The Balaban J connectivity index is 2.42. The molecular weight excluding hydrogens is 281 g/mol. The lowest BCUT2D eigenvalue weighted by Crippen LogP contribution is -2.07. The standard InChI is InChI=1S/C14H13BrFN/c1-17-9-12-7-11(5-6-14(12)16)10-3-2-4-13(15)8-10/h2-8,17H,9H2,1H3. The highest BCUT2D eigenvalue weighted by Crippen LogP contribution is 2.24. The van der Waals surface area contributed by atoms with Crippen LogP contribution in [0, 0.1) is 5.82 Å². The number of benzene rings is 2. The van der Waals surface area contributed by atoms with Crippen molar-refractivity contribution < 1.29 is 4.39 Å². The van der Waals surface area contributed by atoms with Crippen molar-refractivity contribution in [2.45, 2.75) is 6.54 Å². The molecule has 0 radical (unpaired) electrons. The summed E-state index contributed by atoms with van der Waals surface area (Å²) in [5.41, 5.74) is 2.79. The molecule has 0 heterocycles. The van der Waals surface area contributed by atoms with E-state index in [4.69, 9.17) is 0 Å². The van der Waals surface area contributed by atoms with Gasteiger partial charge in [-0.2, -0.15) is 0 Å². The number of halogens is 2. The molecule has 2 aromatic rings. The fraction of sp³-hybridized carbons (Fsp3) is 0.143. The monoisotopic (exact) mass is 293 g/mol. The number of hydrogen-bond acceptors (Lipinski definition) is 1. The van der Waals surface area contributed by atoms with E-state index in [0.717, 1.165) is 15.6 Å². The van der Waals surface area contributed by atoms with Crippen molar-refractivity contribution >= 4 is 15.9 Å². The van der Waals surface area contributed by atoms with Crippen molar-refractivity contribution in [2.75, 3.05) is 7.05 Å². The van der Waals surface area contributed by atoms with Crippen LogP contribution >= 0.6 is 15.9 Å². The first kappa shape index (κ1) is 12.3. The van der Waals surface area contributed by atoms with E-state index in [-0.39, 0.29) is 5.82 Å². The Labute approximate surface area is 109 Å². The van der Waals surface area contributed by atoms with Crippen LogP contribution in [-0.2, 0) is 6.54 Å². The van der Waals surface area contributed by atoms with Gasteiger partial charge in [-0.05, 0) is 42.4 Å². The minimum Gasteiger partial charge on any atom is -0.316 e. The largest absolute Gasteiger partial charge is 0.316 e. The van der Waals surface area contributed by atoms with E-state index in [9.17, 15) is 4.39 Å². The minimum atomic E-state index is -0.168. The summed E-state index contributed by atoms with van der Waals surface area (Å²) in [4.78, 5) is 0. The summed E-state index contributed by atoms with van der Waals surface area (Å²) in [5.74, 6) is -0.168. The summed E-state index contributed by atoms with van der Waals surface area (Å²) < 4.78 is 14.5. The summed E-state index contributed by atoms with van der Waals surface area (Å²) in [6.45, 7) is 0.535. The molecule has 0 bridgehead atoms. The fourth-order valence-corrected chi connectivity index (χ4v) is 2.15. The molecule has 0 fully saturated rings. The van der Waals surface area contributed by atoms with E-state index >= 15 is 0 Å². The molecule has 1 nitrogen and oxygen atoms in total. The summed E-state index contributed by atoms with van der Waals surface area (Å²) in [6, 6.07) is 13.2. The molecule has 0 aliphatic heterocycles. The van der Waals surface area contributed by atoms with Crippen molar-refractivity contribution in [1.82, 2.24) is 5.32 Å². The second kappa shape index (κ2) is 5.43. The van der Waals surface area contributed by atoms with E-state index in [0.29, 0.717) is 12.1 Å². The predicted molar refractivity (Wildman–Crippen MR) is 72.3 cm³/mol. The first-order chi connectivity index (χ1) is 8.20. The zero-order valence-corrected chi connectivity index (χ0v) is 11.1. The summed E-state index contributed by atoms with van der Waals surface area (Å²) in [7, 11) is 1.81. The van der Waals surface area contributed by atoms with Gasteiger partial charge in [-0.25, -0.2) is 4.39 Å². The quantitative estimate of drug-likeness (QED) is 0.903. The molecular formula is C14H13BrFN. The van der Waals surface area contributed by atoms with Crippen LogP contribution in [0.2, 0.25) is 0 Å². The third kappa shape index (κ3) is 2.93. The van der Waals surface area contributed by atoms with Gasteiger partial charge in [-0.3, -0.25) is 0 Å². The smallest absolute Gasteiger partial charge is 0.127 e. The van der Waals surface area contributed by atoms with Crippen LogP contribution in [0.5, 0.6) is 0 Å². The van der Waals surface area contributed by atoms with Gasteiger partial charge >= 0.3 is 0 Å². The van der Waals surface area contributed by atoms with Crippen molar-refractivity contribution in [3.05, 3.63) is 58.3 Å². The molecule has 88 valence electrons. The normalized spacial score (nSPS) is 10.5. The Morgan fingerprint density at radius 3 is 2.59 bits per heavy atom. The van der Waals surface area contributed by atoms with Gasteiger partial charge in [-0.15, -0.1) is 0 Å². The maximum Gasteiger partial charge on any atom is 0.127 e. The van der Waals surface area contributed by atoms with Crippen LogP contribution in [0.3, 0.4) is 0 Å². The first-order valence-corrected chi connectivity index (χ1v) is 6.19. The van der Waals surface area contributed by atoms with E-state index in [2.05, 4.69) is 21.2 Å². The van der Waals surface area contributed by atoms with Crippen LogP contribution in [0.25, 0.3) is 11.1 Å². The van der Waals surface area contributed by atoms with Crippen LogP contribution in [0.1, 0.15) is 5.56 Å². The lowest BCUT2D eigenvalue weighted by atomic mass is 10.0. The Bertz CT molecular complexity index is 525. The molecule has 1 N–H and O–H groups in total. The molecule has 2 aromatic carbocycles. The third-order valence-electron chi connectivity index (χ3n) is 2.57. The second-order valence-corrected chi connectivity index (χ2v) is 4.76. The van der Waals surface area contributed by atoms with Crippen molar-refractivity contribution in [3.63, 3.8) is 0 Å². The van der Waals surface area contributed by atoms with Crippen LogP contribution in [0.4, 0.5) is 4.39 Å². The van der Waals surface area contributed by atoms with Gasteiger partial charge in [0, 0.05) is 16.6 Å². The maximum absolute atomic E-state index is 13.5. The maximum atomic E-state index is 13.5. The number of rotatable bonds is 3.